The molecule has 0 aliphatic carbocycles. The normalized spacial score (nSPS) is 16.8. The second kappa shape index (κ2) is 9.38. The van der Waals surface area contributed by atoms with E-state index in [0.29, 0.717) is 25.1 Å². The number of sulfonamides is 1. The number of aromatic nitrogens is 2. The van der Waals surface area contributed by atoms with Crippen LogP contribution in [0.5, 0.6) is 0 Å². The van der Waals surface area contributed by atoms with Crippen LogP contribution in [0.15, 0.2) is 48.9 Å². The molecule has 0 unspecified atom stereocenters. The van der Waals surface area contributed by atoms with Gasteiger partial charge in [-0.15, -0.1) is 0 Å². The van der Waals surface area contributed by atoms with Gasteiger partial charge in [0.1, 0.15) is 0 Å². The molecular weight excluding hydrogens is 434 g/mol. The zero-order chi connectivity index (χ0) is 23.6. The number of nitriles is 1. The summed E-state index contributed by atoms with van der Waals surface area (Å²) >= 11 is 0. The van der Waals surface area contributed by atoms with Crippen molar-refractivity contribution in [3.63, 3.8) is 0 Å². The topological polar surface area (TPSA) is 93.1 Å². The quantitative estimate of drug-likeness (QED) is 0.602. The molecule has 1 aliphatic heterocycles. The molecule has 1 aromatic heterocycles. The van der Waals surface area contributed by atoms with Crippen molar-refractivity contribution in [1.29, 1.82) is 5.26 Å². The predicted octanol–water partition coefficient (Wildman–Crippen LogP) is 3.68. The fraction of sp³-hybridized carbons (Fsp3) is 0.360. The summed E-state index contributed by atoms with van der Waals surface area (Å²) in [4.78, 5) is 9.56. The zero-order valence-corrected chi connectivity index (χ0v) is 20.1. The molecule has 0 fully saturated rings. The first-order valence-corrected chi connectivity index (χ1v) is 12.9. The molecule has 0 amide bonds. The summed E-state index contributed by atoms with van der Waals surface area (Å²) in [5.74, 6) is 0. The Balaban J connectivity index is 1.72. The van der Waals surface area contributed by atoms with Gasteiger partial charge in [0.15, 0.2) is 0 Å². The fourth-order valence-corrected chi connectivity index (χ4v) is 5.82. The number of anilines is 1. The van der Waals surface area contributed by atoms with Gasteiger partial charge in [0.05, 0.1) is 36.5 Å². The monoisotopic (exact) mass is 463 g/mol. The Morgan fingerprint density at radius 3 is 2.61 bits per heavy atom. The van der Waals surface area contributed by atoms with Crippen LogP contribution >= 0.6 is 0 Å². The summed E-state index contributed by atoms with van der Waals surface area (Å²) < 4.78 is 27.4. The standard InChI is InChI=1S/C25H29N5O2S/c1-18-5-4-6-19(2)24(18)9-8-23-16-29(15-22-13-27-17-28-22)25-10-7-20(12-26)11-21(25)14-30(23)33(3,31)32/h4-7,10-11,13,17,23H,8-9,14-16H2,1-3H3,(H,27,28)/t23-/m1/s1. The molecule has 8 heteroatoms. The van der Waals surface area contributed by atoms with Gasteiger partial charge < -0.3 is 9.88 Å². The van der Waals surface area contributed by atoms with E-state index in [1.165, 1.54) is 22.9 Å². The highest BCUT2D eigenvalue weighted by Gasteiger charge is 2.33. The van der Waals surface area contributed by atoms with E-state index in [2.05, 4.69) is 53.0 Å². The van der Waals surface area contributed by atoms with Crippen LogP contribution in [0.4, 0.5) is 5.69 Å². The van der Waals surface area contributed by atoms with Gasteiger partial charge in [0.2, 0.25) is 10.0 Å². The van der Waals surface area contributed by atoms with Crippen LogP contribution in [0, 0.1) is 25.2 Å². The van der Waals surface area contributed by atoms with Crippen molar-refractivity contribution in [2.24, 2.45) is 0 Å². The number of aryl methyl sites for hydroxylation is 2. The highest BCUT2D eigenvalue weighted by Crippen LogP contribution is 2.32. The molecule has 0 radical (unpaired) electrons. The molecule has 2 aromatic carbocycles. The fourth-order valence-electron chi connectivity index (χ4n) is 4.73. The Bertz CT molecular complexity index is 1260. The third kappa shape index (κ3) is 5.10. The summed E-state index contributed by atoms with van der Waals surface area (Å²) in [5.41, 5.74) is 6.92. The average molecular weight is 464 g/mol. The van der Waals surface area contributed by atoms with Crippen molar-refractivity contribution in [2.45, 2.75) is 45.8 Å². The molecule has 1 aliphatic rings. The van der Waals surface area contributed by atoms with Crippen molar-refractivity contribution >= 4 is 15.7 Å². The summed E-state index contributed by atoms with van der Waals surface area (Å²) in [7, 11) is -3.47. The van der Waals surface area contributed by atoms with Gasteiger partial charge in [0.25, 0.3) is 0 Å². The summed E-state index contributed by atoms with van der Waals surface area (Å²) in [6.45, 7) is 5.56. The van der Waals surface area contributed by atoms with Crippen LogP contribution in [-0.2, 0) is 29.5 Å². The predicted molar refractivity (Wildman–Crippen MR) is 129 cm³/mol. The van der Waals surface area contributed by atoms with Crippen molar-refractivity contribution in [3.05, 3.63) is 82.4 Å². The molecule has 1 N–H and O–H groups in total. The molecule has 0 spiro atoms. The van der Waals surface area contributed by atoms with Gasteiger partial charge >= 0.3 is 0 Å². The Hall–Kier alpha value is -3.15. The van der Waals surface area contributed by atoms with E-state index in [1.54, 1.807) is 22.8 Å². The van der Waals surface area contributed by atoms with Gasteiger partial charge in [-0.25, -0.2) is 13.4 Å². The van der Waals surface area contributed by atoms with Gasteiger partial charge in [-0.2, -0.15) is 9.57 Å². The molecule has 0 bridgehead atoms. The second-order valence-electron chi connectivity index (χ2n) is 8.77. The van der Waals surface area contributed by atoms with Gasteiger partial charge in [-0.1, -0.05) is 18.2 Å². The number of nitrogens with one attached hydrogen (secondary N) is 1. The van der Waals surface area contributed by atoms with Gasteiger partial charge in [-0.05, 0) is 67.1 Å². The minimum absolute atomic E-state index is 0.212. The molecule has 1 atom stereocenters. The van der Waals surface area contributed by atoms with Crippen LogP contribution in [0.1, 0.15) is 39.9 Å². The number of H-pyrrole nitrogens is 1. The molecule has 0 saturated heterocycles. The minimum atomic E-state index is -3.47. The first-order chi connectivity index (χ1) is 15.8. The maximum atomic E-state index is 12.9. The summed E-state index contributed by atoms with van der Waals surface area (Å²) in [5, 5.41) is 9.41. The number of fused-ring (bicyclic) bond motifs is 1. The number of rotatable bonds is 6. The highest BCUT2D eigenvalue weighted by molar-refractivity contribution is 7.88. The smallest absolute Gasteiger partial charge is 0.211 e. The number of hydrogen-bond donors (Lipinski definition) is 1. The minimum Gasteiger partial charge on any atom is -0.364 e. The van der Waals surface area contributed by atoms with E-state index < -0.39 is 10.0 Å². The van der Waals surface area contributed by atoms with Crippen molar-refractivity contribution < 1.29 is 8.42 Å². The molecule has 0 saturated carbocycles. The summed E-state index contributed by atoms with van der Waals surface area (Å²) in [6.07, 6.45) is 6.28. The van der Waals surface area contributed by atoms with Crippen molar-refractivity contribution in [3.8, 4) is 6.07 Å². The van der Waals surface area contributed by atoms with Crippen LogP contribution in [-0.4, -0.2) is 41.5 Å². The maximum absolute atomic E-state index is 12.9. The second-order valence-corrected chi connectivity index (χ2v) is 10.7. The Kier molecular flexibility index (Phi) is 6.54. The largest absolute Gasteiger partial charge is 0.364 e. The summed E-state index contributed by atoms with van der Waals surface area (Å²) in [6, 6.07) is 13.7. The SMILES string of the molecule is Cc1cccc(C)c1CC[C@@H]1CN(Cc2c[nH]cn2)c2ccc(C#N)cc2CN1S(C)(=O)=O. The van der Waals surface area contributed by atoms with E-state index in [0.717, 1.165) is 23.4 Å². The lowest BCUT2D eigenvalue weighted by molar-refractivity contribution is 0.307. The number of benzene rings is 2. The zero-order valence-electron chi connectivity index (χ0n) is 19.2. The van der Waals surface area contributed by atoms with E-state index >= 15 is 0 Å². The molecule has 33 heavy (non-hydrogen) atoms. The van der Waals surface area contributed by atoms with Crippen molar-refractivity contribution in [1.82, 2.24) is 14.3 Å². The van der Waals surface area contributed by atoms with Gasteiger partial charge in [0, 0.05) is 31.0 Å². The lowest BCUT2D eigenvalue weighted by Crippen LogP contribution is -2.44. The molecule has 172 valence electrons. The lowest BCUT2D eigenvalue weighted by Gasteiger charge is -2.31. The Labute approximate surface area is 195 Å². The average Bonchev–Trinajstić information content (AvgIpc) is 3.22. The molecule has 3 aromatic rings. The van der Waals surface area contributed by atoms with Crippen LogP contribution in [0.3, 0.4) is 0 Å². The third-order valence-electron chi connectivity index (χ3n) is 6.42. The van der Waals surface area contributed by atoms with Crippen LogP contribution in [0.25, 0.3) is 0 Å². The Morgan fingerprint density at radius 1 is 1.21 bits per heavy atom. The number of hydrogen-bond acceptors (Lipinski definition) is 5. The molecule has 7 nitrogen and oxygen atoms in total. The highest BCUT2D eigenvalue weighted by atomic mass is 32.2. The first-order valence-electron chi connectivity index (χ1n) is 11.0. The van der Waals surface area contributed by atoms with Crippen LogP contribution in [0.2, 0.25) is 0 Å². The lowest BCUT2D eigenvalue weighted by atomic mass is 9.96. The number of nitrogens with zero attached hydrogens (tertiary/aromatic N) is 4. The Morgan fingerprint density at radius 2 is 1.97 bits per heavy atom. The number of aromatic amines is 1. The van der Waals surface area contributed by atoms with E-state index in [4.69, 9.17) is 0 Å². The molecule has 2 heterocycles. The van der Waals surface area contributed by atoms with Gasteiger partial charge in [-0.3, -0.25) is 0 Å². The van der Waals surface area contributed by atoms with Crippen LogP contribution < -0.4 is 4.90 Å². The first kappa shape index (κ1) is 23.0. The van der Waals surface area contributed by atoms with E-state index in [9.17, 15) is 13.7 Å². The molecular formula is C25H29N5O2S. The molecule has 4 rings (SSSR count). The van der Waals surface area contributed by atoms with E-state index in [-0.39, 0.29) is 12.6 Å². The maximum Gasteiger partial charge on any atom is 0.211 e. The third-order valence-corrected chi connectivity index (χ3v) is 7.70. The van der Waals surface area contributed by atoms with Crippen molar-refractivity contribution in [2.75, 3.05) is 17.7 Å². The number of imidazole rings is 1. The van der Waals surface area contributed by atoms with E-state index in [1.807, 2.05) is 12.3 Å².